The maximum absolute atomic E-state index is 6.65. The minimum absolute atomic E-state index is 0.281. The molecule has 1 aliphatic heterocycles. The van der Waals surface area contributed by atoms with E-state index in [1.54, 1.807) is 5.57 Å². The molecule has 112 valence electrons. The van der Waals surface area contributed by atoms with Crippen LogP contribution in [0, 0.1) is 11.8 Å². The van der Waals surface area contributed by atoms with Crippen LogP contribution in [-0.2, 0) is 11.8 Å². The Labute approximate surface area is 127 Å². The maximum Gasteiger partial charge on any atom is 0.174 e. The molecule has 2 heteroatoms. The van der Waals surface area contributed by atoms with Crippen molar-refractivity contribution < 1.29 is 9.30 Å². The highest BCUT2D eigenvalue weighted by Gasteiger charge is 2.43. The van der Waals surface area contributed by atoms with Crippen LogP contribution in [0.1, 0.15) is 56.6 Å². The third-order valence-electron chi connectivity index (χ3n) is 5.64. The smallest absolute Gasteiger partial charge is 0.174 e. The second-order valence-corrected chi connectivity index (χ2v) is 7.03. The lowest BCUT2D eigenvalue weighted by Crippen LogP contribution is -2.42. The molecular weight excluding hydrogens is 258 g/mol. The minimum atomic E-state index is 0.281. The lowest BCUT2D eigenvalue weighted by molar-refractivity contribution is -0.672. The number of nitrogens with zero attached hydrogens (tertiary/aromatic N) is 1. The van der Waals surface area contributed by atoms with Crippen molar-refractivity contribution in [2.75, 3.05) is 0 Å². The molecule has 2 nitrogen and oxygen atoms in total. The van der Waals surface area contributed by atoms with Crippen molar-refractivity contribution in [1.82, 2.24) is 0 Å². The summed E-state index contributed by atoms with van der Waals surface area (Å²) >= 11 is 0. The van der Waals surface area contributed by atoms with E-state index in [2.05, 4.69) is 42.2 Å². The molecule has 2 fully saturated rings. The van der Waals surface area contributed by atoms with E-state index in [1.165, 1.54) is 50.5 Å². The van der Waals surface area contributed by atoms with Gasteiger partial charge in [-0.1, -0.05) is 24.5 Å². The molecule has 4 rings (SSSR count). The van der Waals surface area contributed by atoms with E-state index in [9.17, 15) is 0 Å². The van der Waals surface area contributed by atoms with Gasteiger partial charge in [-0.15, -0.1) is 0 Å². The zero-order valence-corrected chi connectivity index (χ0v) is 13.0. The highest BCUT2D eigenvalue weighted by molar-refractivity contribution is 5.25. The lowest BCUT2D eigenvalue weighted by Gasteiger charge is -2.47. The molecule has 0 spiro atoms. The largest absolute Gasteiger partial charge is 0.369 e. The number of pyridine rings is 1. The first kappa shape index (κ1) is 13.5. The van der Waals surface area contributed by atoms with E-state index in [-0.39, 0.29) is 6.10 Å². The van der Waals surface area contributed by atoms with Crippen LogP contribution in [0.2, 0.25) is 0 Å². The summed E-state index contributed by atoms with van der Waals surface area (Å²) in [6, 6.07) is 4.40. The Balaban J connectivity index is 1.70. The fourth-order valence-corrected chi connectivity index (χ4v) is 4.69. The van der Waals surface area contributed by atoms with Gasteiger partial charge in [0.1, 0.15) is 7.05 Å². The van der Waals surface area contributed by atoms with Crippen molar-refractivity contribution in [3.8, 4) is 0 Å². The van der Waals surface area contributed by atoms with Crippen molar-refractivity contribution >= 4 is 0 Å². The maximum atomic E-state index is 6.65. The van der Waals surface area contributed by atoms with Gasteiger partial charge in [-0.05, 0) is 38.2 Å². The van der Waals surface area contributed by atoms with E-state index < -0.39 is 0 Å². The highest BCUT2D eigenvalue weighted by atomic mass is 16.5. The Morgan fingerprint density at radius 3 is 2.86 bits per heavy atom. The standard InChI is InChI=1S/C19H26NO/c1-20-12-6-7-14(13-20)19-17-10-3-2-8-15(17)16-9-4-5-11-18(16)21-19/h6-8,12-13,16-19H,2-5,9-11H2,1H3/q+1/t16-,17-,18+,19-/m0/s1. The summed E-state index contributed by atoms with van der Waals surface area (Å²) in [6.07, 6.45) is 16.9. The molecule has 0 unspecified atom stereocenters. The van der Waals surface area contributed by atoms with Crippen molar-refractivity contribution in [3.05, 3.63) is 41.7 Å². The second-order valence-electron chi connectivity index (χ2n) is 7.03. The summed E-state index contributed by atoms with van der Waals surface area (Å²) in [5.74, 6) is 1.35. The first-order valence-corrected chi connectivity index (χ1v) is 8.63. The zero-order chi connectivity index (χ0) is 14.2. The van der Waals surface area contributed by atoms with Crippen LogP contribution in [-0.4, -0.2) is 6.10 Å². The number of hydrogen-bond donors (Lipinski definition) is 0. The van der Waals surface area contributed by atoms with E-state index in [0.29, 0.717) is 12.0 Å². The summed E-state index contributed by atoms with van der Waals surface area (Å²) in [7, 11) is 2.10. The van der Waals surface area contributed by atoms with Crippen molar-refractivity contribution in [2.24, 2.45) is 18.9 Å². The Hall–Kier alpha value is -1.15. The number of aryl methyl sites for hydroxylation is 1. The molecule has 3 aliphatic rings. The predicted octanol–water partition coefficient (Wildman–Crippen LogP) is 3.87. The third kappa shape index (κ3) is 2.44. The van der Waals surface area contributed by atoms with Gasteiger partial charge in [0, 0.05) is 23.5 Å². The monoisotopic (exact) mass is 284 g/mol. The van der Waals surface area contributed by atoms with Crippen LogP contribution in [0.25, 0.3) is 0 Å². The number of ether oxygens (including phenoxy) is 1. The second kappa shape index (κ2) is 5.57. The first-order chi connectivity index (χ1) is 10.3. The van der Waals surface area contributed by atoms with E-state index in [1.807, 2.05) is 0 Å². The number of aromatic nitrogens is 1. The molecule has 0 aromatic carbocycles. The van der Waals surface area contributed by atoms with Crippen molar-refractivity contribution in [1.29, 1.82) is 0 Å². The quantitative estimate of drug-likeness (QED) is 0.563. The van der Waals surface area contributed by atoms with Gasteiger partial charge >= 0.3 is 0 Å². The Kier molecular flexibility index (Phi) is 3.58. The predicted molar refractivity (Wildman–Crippen MR) is 82.6 cm³/mol. The topological polar surface area (TPSA) is 13.1 Å². The summed E-state index contributed by atoms with van der Waals surface area (Å²) in [4.78, 5) is 0. The molecule has 1 saturated heterocycles. The number of rotatable bonds is 1. The fourth-order valence-electron chi connectivity index (χ4n) is 4.69. The van der Waals surface area contributed by atoms with Crippen LogP contribution in [0.4, 0.5) is 0 Å². The Morgan fingerprint density at radius 2 is 1.95 bits per heavy atom. The molecule has 0 amide bonds. The SMILES string of the molecule is C[n+]1cccc([C@@H]2O[C@@H]3CCCC[C@H]3C3=CCCC[C@@H]32)c1. The number of allylic oxidation sites excluding steroid dienone is 1. The third-order valence-corrected chi connectivity index (χ3v) is 5.64. The molecule has 0 N–H and O–H groups in total. The van der Waals surface area contributed by atoms with E-state index in [0.717, 1.165) is 5.92 Å². The van der Waals surface area contributed by atoms with Crippen LogP contribution >= 0.6 is 0 Å². The highest BCUT2D eigenvalue weighted by Crippen LogP contribution is 2.50. The first-order valence-electron chi connectivity index (χ1n) is 8.63. The number of hydrogen-bond acceptors (Lipinski definition) is 1. The van der Waals surface area contributed by atoms with Gasteiger partial charge in [0.25, 0.3) is 0 Å². The van der Waals surface area contributed by atoms with Gasteiger partial charge in [0.2, 0.25) is 0 Å². The van der Waals surface area contributed by atoms with Crippen molar-refractivity contribution in [3.63, 3.8) is 0 Å². The molecule has 1 aromatic heterocycles. The summed E-state index contributed by atoms with van der Waals surface area (Å²) in [5.41, 5.74) is 3.11. The molecule has 2 aliphatic carbocycles. The van der Waals surface area contributed by atoms with Crippen LogP contribution < -0.4 is 4.57 Å². The Morgan fingerprint density at radius 1 is 1.10 bits per heavy atom. The summed E-state index contributed by atoms with van der Waals surface area (Å²) in [6.45, 7) is 0. The van der Waals surface area contributed by atoms with Crippen LogP contribution in [0.5, 0.6) is 0 Å². The lowest BCUT2D eigenvalue weighted by atomic mass is 9.68. The van der Waals surface area contributed by atoms with Crippen LogP contribution in [0.15, 0.2) is 36.2 Å². The molecular formula is C19H26NO+. The zero-order valence-electron chi connectivity index (χ0n) is 13.0. The molecule has 0 radical (unpaired) electrons. The van der Waals surface area contributed by atoms with Gasteiger partial charge in [0.05, 0.1) is 12.2 Å². The van der Waals surface area contributed by atoms with E-state index in [4.69, 9.17) is 4.74 Å². The normalized spacial score (nSPS) is 35.6. The molecule has 2 heterocycles. The van der Waals surface area contributed by atoms with Crippen LogP contribution in [0.3, 0.4) is 0 Å². The molecule has 1 saturated carbocycles. The van der Waals surface area contributed by atoms with E-state index >= 15 is 0 Å². The van der Waals surface area contributed by atoms with Gasteiger partial charge in [-0.3, -0.25) is 0 Å². The molecule has 0 bridgehead atoms. The van der Waals surface area contributed by atoms with Gasteiger partial charge in [-0.2, -0.15) is 0 Å². The Bertz CT molecular complexity index is 550. The average molecular weight is 284 g/mol. The van der Waals surface area contributed by atoms with Gasteiger partial charge in [-0.25, -0.2) is 4.57 Å². The molecule has 1 aromatic rings. The fraction of sp³-hybridized carbons (Fsp3) is 0.632. The minimum Gasteiger partial charge on any atom is -0.369 e. The van der Waals surface area contributed by atoms with Gasteiger partial charge in [0.15, 0.2) is 12.4 Å². The van der Waals surface area contributed by atoms with Crippen molar-refractivity contribution in [2.45, 2.75) is 57.2 Å². The number of fused-ring (bicyclic) bond motifs is 3. The van der Waals surface area contributed by atoms with Gasteiger partial charge < -0.3 is 4.74 Å². The molecule has 21 heavy (non-hydrogen) atoms. The summed E-state index contributed by atoms with van der Waals surface area (Å²) < 4.78 is 8.80. The summed E-state index contributed by atoms with van der Waals surface area (Å²) in [5, 5.41) is 0. The molecule has 4 atom stereocenters. The average Bonchev–Trinajstić information content (AvgIpc) is 2.54.